The van der Waals surface area contributed by atoms with Crippen LogP contribution in [0.5, 0.6) is 0 Å². The van der Waals surface area contributed by atoms with Gasteiger partial charge in [0, 0.05) is 23.6 Å². The lowest BCUT2D eigenvalue weighted by molar-refractivity contribution is -0.114. The van der Waals surface area contributed by atoms with E-state index in [9.17, 15) is 9.18 Å². The number of hydrogen-bond donors (Lipinski definition) is 3. The molecule has 0 aliphatic carbocycles. The SMILES string of the molecule is O=C(CNc1n[nH]c(-c2ccncc2)n1)Nc1cccc(F)c1. The van der Waals surface area contributed by atoms with Crippen LogP contribution < -0.4 is 10.6 Å². The van der Waals surface area contributed by atoms with E-state index in [4.69, 9.17) is 0 Å². The zero-order valence-corrected chi connectivity index (χ0v) is 12.0. The molecule has 3 aromatic rings. The number of anilines is 2. The summed E-state index contributed by atoms with van der Waals surface area (Å²) in [6, 6.07) is 9.26. The van der Waals surface area contributed by atoms with E-state index < -0.39 is 5.82 Å². The van der Waals surface area contributed by atoms with Gasteiger partial charge in [-0.3, -0.25) is 14.9 Å². The largest absolute Gasteiger partial charge is 0.344 e. The first kappa shape index (κ1) is 14.6. The van der Waals surface area contributed by atoms with Crippen molar-refractivity contribution in [2.45, 2.75) is 0 Å². The average molecular weight is 312 g/mol. The number of nitrogens with one attached hydrogen (secondary N) is 3. The Labute approximate surface area is 131 Å². The lowest BCUT2D eigenvalue weighted by atomic mass is 10.3. The predicted octanol–water partition coefficient (Wildman–Crippen LogP) is 2.06. The molecular formula is C15H13FN6O. The Kier molecular flexibility index (Phi) is 4.23. The molecule has 1 aromatic carbocycles. The van der Waals surface area contributed by atoms with Crippen LogP contribution in [-0.4, -0.2) is 32.6 Å². The lowest BCUT2D eigenvalue weighted by Crippen LogP contribution is -2.22. The number of pyridine rings is 1. The summed E-state index contributed by atoms with van der Waals surface area (Å²) in [5.74, 6) is 0.129. The fourth-order valence-corrected chi connectivity index (χ4v) is 1.91. The highest BCUT2D eigenvalue weighted by Crippen LogP contribution is 2.14. The van der Waals surface area contributed by atoms with Gasteiger partial charge in [-0.15, -0.1) is 5.10 Å². The van der Waals surface area contributed by atoms with E-state index in [-0.39, 0.29) is 12.5 Å². The Bertz CT molecular complexity index is 804. The smallest absolute Gasteiger partial charge is 0.243 e. The Hall–Kier alpha value is -3.29. The summed E-state index contributed by atoms with van der Waals surface area (Å²) in [4.78, 5) is 20.0. The molecule has 8 heteroatoms. The molecule has 0 fully saturated rings. The Balaban J connectivity index is 1.56. The Morgan fingerprint density at radius 2 is 2.04 bits per heavy atom. The second-order valence-corrected chi connectivity index (χ2v) is 4.66. The minimum atomic E-state index is -0.410. The van der Waals surface area contributed by atoms with Crippen LogP contribution in [0.3, 0.4) is 0 Å². The normalized spacial score (nSPS) is 10.3. The first-order valence-corrected chi connectivity index (χ1v) is 6.83. The molecule has 2 heterocycles. The van der Waals surface area contributed by atoms with Gasteiger partial charge < -0.3 is 10.6 Å². The topological polar surface area (TPSA) is 95.6 Å². The summed E-state index contributed by atoms with van der Waals surface area (Å²) in [5.41, 5.74) is 1.23. The third-order valence-corrected chi connectivity index (χ3v) is 2.95. The summed E-state index contributed by atoms with van der Waals surface area (Å²) in [6.45, 7) is -0.0375. The lowest BCUT2D eigenvalue weighted by Gasteiger charge is -2.05. The van der Waals surface area contributed by atoms with Gasteiger partial charge in [-0.05, 0) is 30.3 Å². The molecule has 0 saturated carbocycles. The molecule has 3 N–H and O–H groups in total. The van der Waals surface area contributed by atoms with Gasteiger partial charge in [0.15, 0.2) is 5.82 Å². The second-order valence-electron chi connectivity index (χ2n) is 4.66. The van der Waals surface area contributed by atoms with Crippen molar-refractivity contribution in [3.63, 3.8) is 0 Å². The van der Waals surface area contributed by atoms with E-state index in [1.54, 1.807) is 30.6 Å². The molecule has 0 saturated heterocycles. The molecule has 23 heavy (non-hydrogen) atoms. The molecule has 0 radical (unpaired) electrons. The highest BCUT2D eigenvalue weighted by atomic mass is 19.1. The number of amides is 1. The van der Waals surface area contributed by atoms with Crippen LogP contribution in [0.4, 0.5) is 16.0 Å². The van der Waals surface area contributed by atoms with Crippen LogP contribution in [-0.2, 0) is 4.79 Å². The predicted molar refractivity (Wildman–Crippen MR) is 83.1 cm³/mol. The van der Waals surface area contributed by atoms with Gasteiger partial charge in [0.1, 0.15) is 5.82 Å². The molecule has 0 bridgehead atoms. The highest BCUT2D eigenvalue weighted by Gasteiger charge is 2.07. The van der Waals surface area contributed by atoms with Gasteiger partial charge in [0.05, 0.1) is 6.54 Å². The molecule has 0 unspecified atom stereocenters. The van der Waals surface area contributed by atoms with Gasteiger partial charge in [-0.2, -0.15) is 4.98 Å². The number of carbonyl (C=O) groups excluding carboxylic acids is 1. The fraction of sp³-hybridized carbons (Fsp3) is 0.0667. The quantitative estimate of drug-likeness (QED) is 0.670. The van der Waals surface area contributed by atoms with Gasteiger partial charge in [-0.1, -0.05) is 6.07 Å². The van der Waals surface area contributed by atoms with Crippen LogP contribution in [0.1, 0.15) is 0 Å². The van der Waals surface area contributed by atoms with Crippen molar-refractivity contribution in [3.8, 4) is 11.4 Å². The van der Waals surface area contributed by atoms with E-state index in [0.29, 0.717) is 17.5 Å². The maximum absolute atomic E-state index is 13.0. The maximum Gasteiger partial charge on any atom is 0.243 e. The number of aromatic nitrogens is 4. The van der Waals surface area contributed by atoms with Crippen LogP contribution in [0.25, 0.3) is 11.4 Å². The highest BCUT2D eigenvalue weighted by molar-refractivity contribution is 5.93. The van der Waals surface area contributed by atoms with Crippen molar-refractivity contribution < 1.29 is 9.18 Å². The molecule has 0 atom stereocenters. The van der Waals surface area contributed by atoms with Crippen molar-refractivity contribution >= 4 is 17.5 Å². The maximum atomic E-state index is 13.0. The monoisotopic (exact) mass is 312 g/mol. The summed E-state index contributed by atoms with van der Waals surface area (Å²) < 4.78 is 13.0. The minimum Gasteiger partial charge on any atom is -0.344 e. The summed E-state index contributed by atoms with van der Waals surface area (Å²) in [5, 5.41) is 12.1. The van der Waals surface area contributed by atoms with Crippen molar-refractivity contribution in [3.05, 3.63) is 54.6 Å². The number of hydrogen-bond acceptors (Lipinski definition) is 5. The van der Waals surface area contributed by atoms with Crippen LogP contribution in [0.2, 0.25) is 0 Å². The van der Waals surface area contributed by atoms with E-state index >= 15 is 0 Å². The third kappa shape index (κ3) is 3.88. The minimum absolute atomic E-state index is 0.0375. The van der Waals surface area contributed by atoms with Gasteiger partial charge in [0.25, 0.3) is 0 Å². The Morgan fingerprint density at radius 1 is 1.22 bits per heavy atom. The third-order valence-electron chi connectivity index (χ3n) is 2.95. The number of rotatable bonds is 5. The number of halogens is 1. The standard InChI is InChI=1S/C15H13FN6O/c16-11-2-1-3-12(8-11)19-13(23)9-18-15-20-14(21-22-15)10-4-6-17-7-5-10/h1-8H,9H2,(H,19,23)(H2,18,20,21,22). The van der Waals surface area contributed by atoms with E-state index in [1.807, 2.05) is 0 Å². The molecule has 0 spiro atoms. The van der Waals surface area contributed by atoms with Crippen molar-refractivity contribution in [2.75, 3.05) is 17.2 Å². The molecule has 7 nitrogen and oxygen atoms in total. The number of H-pyrrole nitrogens is 1. The van der Waals surface area contributed by atoms with Crippen molar-refractivity contribution in [1.82, 2.24) is 20.2 Å². The number of carbonyl (C=O) groups is 1. The first-order valence-electron chi connectivity index (χ1n) is 6.83. The van der Waals surface area contributed by atoms with Crippen LogP contribution in [0.15, 0.2) is 48.8 Å². The zero-order chi connectivity index (χ0) is 16.1. The van der Waals surface area contributed by atoms with Crippen LogP contribution >= 0.6 is 0 Å². The van der Waals surface area contributed by atoms with E-state index in [0.717, 1.165) is 5.56 Å². The first-order chi connectivity index (χ1) is 11.2. The van der Waals surface area contributed by atoms with Crippen LogP contribution in [0, 0.1) is 5.82 Å². The zero-order valence-electron chi connectivity index (χ0n) is 12.0. The van der Waals surface area contributed by atoms with E-state index in [2.05, 4.69) is 30.8 Å². The number of benzene rings is 1. The Morgan fingerprint density at radius 3 is 2.83 bits per heavy atom. The number of nitrogens with zero attached hydrogens (tertiary/aromatic N) is 3. The molecule has 0 aliphatic heterocycles. The van der Waals surface area contributed by atoms with Crippen molar-refractivity contribution in [2.24, 2.45) is 0 Å². The molecule has 116 valence electrons. The summed E-state index contributed by atoms with van der Waals surface area (Å²) in [7, 11) is 0. The summed E-state index contributed by atoms with van der Waals surface area (Å²) in [6.07, 6.45) is 3.30. The molecule has 1 amide bonds. The van der Waals surface area contributed by atoms with Gasteiger partial charge in [0.2, 0.25) is 11.9 Å². The summed E-state index contributed by atoms with van der Waals surface area (Å²) >= 11 is 0. The van der Waals surface area contributed by atoms with Crippen molar-refractivity contribution in [1.29, 1.82) is 0 Å². The molecule has 3 rings (SSSR count). The average Bonchev–Trinajstić information content (AvgIpc) is 3.03. The van der Waals surface area contributed by atoms with Gasteiger partial charge in [-0.25, -0.2) is 4.39 Å². The fourth-order valence-electron chi connectivity index (χ4n) is 1.91. The molecule has 0 aliphatic rings. The second kappa shape index (κ2) is 6.65. The van der Waals surface area contributed by atoms with E-state index in [1.165, 1.54) is 18.2 Å². The van der Waals surface area contributed by atoms with Gasteiger partial charge >= 0.3 is 0 Å². The molecule has 2 aromatic heterocycles. The number of aromatic amines is 1. The molecular weight excluding hydrogens is 299 g/mol.